The maximum atomic E-state index is 10.8. The van der Waals surface area contributed by atoms with Crippen LogP contribution >= 0.6 is 11.6 Å². The summed E-state index contributed by atoms with van der Waals surface area (Å²) in [6.07, 6.45) is 1.66. The average molecular weight is 163 g/mol. The summed E-state index contributed by atoms with van der Waals surface area (Å²) in [7, 11) is 0. The van der Waals surface area contributed by atoms with E-state index in [-0.39, 0.29) is 11.8 Å². The molecule has 0 bridgehead atoms. The van der Waals surface area contributed by atoms with Crippen LogP contribution in [-0.4, -0.2) is 18.5 Å². The third-order valence-corrected chi connectivity index (χ3v) is 1.32. The molecule has 0 atom stereocenters. The van der Waals surface area contributed by atoms with E-state index < -0.39 is 0 Å². The van der Waals surface area contributed by atoms with Gasteiger partial charge in [-0.2, -0.15) is 0 Å². The highest BCUT2D eigenvalue weighted by molar-refractivity contribution is 6.22. The molecule has 0 rings (SSSR count). The van der Waals surface area contributed by atoms with Gasteiger partial charge in [-0.1, -0.05) is 6.08 Å². The molecule has 3 heteroatoms. The lowest BCUT2D eigenvalue weighted by atomic mass is 10.3. The number of hydrogen-bond donors (Lipinski definition) is 0. The van der Waals surface area contributed by atoms with Crippen molar-refractivity contribution in [3.63, 3.8) is 0 Å². The summed E-state index contributed by atoms with van der Waals surface area (Å²) in [5, 5.41) is 0. The SMILES string of the molecule is C/C=C(/CCl)C(=O)OCC. The van der Waals surface area contributed by atoms with E-state index in [2.05, 4.69) is 0 Å². The lowest BCUT2D eigenvalue weighted by Crippen LogP contribution is -2.08. The molecule has 10 heavy (non-hydrogen) atoms. The standard InChI is InChI=1S/C7H11ClO2/c1-3-6(5-8)7(9)10-4-2/h3H,4-5H2,1-2H3/b6-3-. The van der Waals surface area contributed by atoms with Gasteiger partial charge in [-0.05, 0) is 13.8 Å². The Balaban J connectivity index is 3.91. The number of hydrogen-bond acceptors (Lipinski definition) is 2. The number of esters is 1. The molecule has 0 amide bonds. The molecule has 0 aromatic carbocycles. The first-order valence-electron chi connectivity index (χ1n) is 3.14. The number of ether oxygens (including phenoxy) is 1. The summed E-state index contributed by atoms with van der Waals surface area (Å²) in [4.78, 5) is 10.8. The average Bonchev–Trinajstić information content (AvgIpc) is 1.91. The van der Waals surface area contributed by atoms with Crippen molar-refractivity contribution in [2.24, 2.45) is 0 Å². The van der Waals surface area contributed by atoms with Gasteiger partial charge in [0.1, 0.15) is 0 Å². The Morgan fingerprint density at radius 1 is 1.70 bits per heavy atom. The molecule has 0 fully saturated rings. The van der Waals surface area contributed by atoms with Gasteiger partial charge in [-0.3, -0.25) is 0 Å². The molecule has 0 saturated heterocycles. The van der Waals surface area contributed by atoms with Gasteiger partial charge in [-0.25, -0.2) is 4.79 Å². The molecule has 0 spiro atoms. The van der Waals surface area contributed by atoms with Crippen molar-refractivity contribution >= 4 is 17.6 Å². The zero-order chi connectivity index (χ0) is 7.98. The molecule has 0 aliphatic rings. The molecular formula is C7H11ClO2. The highest BCUT2D eigenvalue weighted by atomic mass is 35.5. The summed E-state index contributed by atoms with van der Waals surface area (Å²) >= 11 is 5.43. The fourth-order valence-electron chi connectivity index (χ4n) is 0.473. The minimum atomic E-state index is -0.319. The van der Waals surface area contributed by atoms with E-state index in [1.54, 1.807) is 19.9 Å². The van der Waals surface area contributed by atoms with E-state index in [1.165, 1.54) is 0 Å². The Kier molecular flexibility index (Phi) is 5.03. The first-order chi connectivity index (χ1) is 4.76. The van der Waals surface area contributed by atoms with Gasteiger partial charge in [0, 0.05) is 5.57 Å². The minimum Gasteiger partial charge on any atom is -0.463 e. The van der Waals surface area contributed by atoms with Crippen LogP contribution in [0.1, 0.15) is 13.8 Å². The molecule has 0 N–H and O–H groups in total. The second-order valence-corrected chi connectivity index (χ2v) is 1.94. The van der Waals surface area contributed by atoms with E-state index >= 15 is 0 Å². The molecular weight excluding hydrogens is 152 g/mol. The quantitative estimate of drug-likeness (QED) is 0.359. The molecule has 0 unspecified atom stereocenters. The normalized spacial score (nSPS) is 11.3. The molecule has 0 saturated carbocycles. The number of rotatable bonds is 3. The van der Waals surface area contributed by atoms with Gasteiger partial charge in [-0.15, -0.1) is 11.6 Å². The number of halogens is 1. The van der Waals surface area contributed by atoms with E-state index in [0.29, 0.717) is 12.2 Å². The van der Waals surface area contributed by atoms with Crippen LogP contribution in [0.4, 0.5) is 0 Å². The lowest BCUT2D eigenvalue weighted by molar-refractivity contribution is -0.138. The van der Waals surface area contributed by atoms with Crippen molar-refractivity contribution in [2.45, 2.75) is 13.8 Å². The molecule has 0 aliphatic carbocycles. The van der Waals surface area contributed by atoms with Crippen LogP contribution in [0.25, 0.3) is 0 Å². The molecule has 0 heterocycles. The first kappa shape index (κ1) is 9.50. The highest BCUT2D eigenvalue weighted by Gasteiger charge is 2.05. The summed E-state index contributed by atoms with van der Waals surface area (Å²) in [5.74, 6) is -0.102. The Morgan fingerprint density at radius 2 is 2.30 bits per heavy atom. The van der Waals surface area contributed by atoms with Crippen molar-refractivity contribution in [1.82, 2.24) is 0 Å². The van der Waals surface area contributed by atoms with E-state index in [0.717, 1.165) is 0 Å². The van der Waals surface area contributed by atoms with Crippen LogP contribution in [0, 0.1) is 0 Å². The monoisotopic (exact) mass is 162 g/mol. The molecule has 58 valence electrons. The molecule has 2 nitrogen and oxygen atoms in total. The third kappa shape index (κ3) is 2.87. The number of alkyl halides is 1. The maximum Gasteiger partial charge on any atom is 0.334 e. The summed E-state index contributed by atoms with van der Waals surface area (Å²) < 4.78 is 4.69. The Labute approximate surface area is 65.8 Å². The highest BCUT2D eigenvalue weighted by Crippen LogP contribution is 1.99. The van der Waals surface area contributed by atoms with Crippen molar-refractivity contribution < 1.29 is 9.53 Å². The Hall–Kier alpha value is -0.500. The van der Waals surface area contributed by atoms with Gasteiger partial charge in [0.2, 0.25) is 0 Å². The summed E-state index contributed by atoms with van der Waals surface area (Å²) in [6, 6.07) is 0. The van der Waals surface area contributed by atoms with Crippen molar-refractivity contribution in [1.29, 1.82) is 0 Å². The first-order valence-corrected chi connectivity index (χ1v) is 3.68. The van der Waals surface area contributed by atoms with Crippen LogP contribution in [-0.2, 0) is 9.53 Å². The van der Waals surface area contributed by atoms with E-state index in [1.807, 2.05) is 0 Å². The zero-order valence-corrected chi connectivity index (χ0v) is 6.94. The predicted octanol–water partition coefficient (Wildman–Crippen LogP) is 1.73. The summed E-state index contributed by atoms with van der Waals surface area (Å²) in [5.41, 5.74) is 0.517. The fraction of sp³-hybridized carbons (Fsp3) is 0.571. The van der Waals surface area contributed by atoms with E-state index in [4.69, 9.17) is 16.3 Å². The van der Waals surface area contributed by atoms with Gasteiger partial charge in [0.25, 0.3) is 0 Å². The predicted molar refractivity (Wildman–Crippen MR) is 41.1 cm³/mol. The Bertz CT molecular complexity index is 141. The maximum absolute atomic E-state index is 10.8. The third-order valence-electron chi connectivity index (χ3n) is 1.03. The second kappa shape index (κ2) is 5.30. The van der Waals surface area contributed by atoms with Gasteiger partial charge in [0.15, 0.2) is 0 Å². The number of carbonyl (C=O) groups excluding carboxylic acids is 1. The van der Waals surface area contributed by atoms with Gasteiger partial charge in [0.05, 0.1) is 12.5 Å². The van der Waals surface area contributed by atoms with Gasteiger partial charge < -0.3 is 4.74 Å². The zero-order valence-electron chi connectivity index (χ0n) is 6.19. The lowest BCUT2D eigenvalue weighted by Gasteiger charge is -2.00. The molecule has 0 aliphatic heterocycles. The van der Waals surface area contributed by atoms with Crippen molar-refractivity contribution in [3.05, 3.63) is 11.6 Å². The minimum absolute atomic E-state index is 0.218. The Morgan fingerprint density at radius 3 is 2.60 bits per heavy atom. The molecule has 0 radical (unpaired) electrons. The summed E-state index contributed by atoms with van der Waals surface area (Å²) in [6.45, 7) is 3.92. The van der Waals surface area contributed by atoms with Crippen molar-refractivity contribution in [3.8, 4) is 0 Å². The van der Waals surface area contributed by atoms with Crippen molar-refractivity contribution in [2.75, 3.05) is 12.5 Å². The fourth-order valence-corrected chi connectivity index (χ4v) is 0.737. The van der Waals surface area contributed by atoms with Crippen LogP contribution in [0.5, 0.6) is 0 Å². The number of allylic oxidation sites excluding steroid dienone is 1. The van der Waals surface area contributed by atoms with Crippen LogP contribution in [0.2, 0.25) is 0 Å². The largest absolute Gasteiger partial charge is 0.463 e. The van der Waals surface area contributed by atoms with E-state index in [9.17, 15) is 4.79 Å². The van der Waals surface area contributed by atoms with Crippen LogP contribution in [0.15, 0.2) is 11.6 Å². The van der Waals surface area contributed by atoms with Crippen LogP contribution < -0.4 is 0 Å². The van der Waals surface area contributed by atoms with Gasteiger partial charge >= 0.3 is 5.97 Å². The second-order valence-electron chi connectivity index (χ2n) is 1.67. The van der Waals surface area contributed by atoms with Crippen LogP contribution in [0.3, 0.4) is 0 Å². The molecule has 0 aromatic rings. The molecule has 0 aromatic heterocycles. The topological polar surface area (TPSA) is 26.3 Å². The number of carbonyl (C=O) groups is 1. The smallest absolute Gasteiger partial charge is 0.334 e.